The van der Waals surface area contributed by atoms with E-state index in [1.165, 1.54) is 18.2 Å². The number of anilines is 1. The highest BCUT2D eigenvalue weighted by molar-refractivity contribution is 7.92. The van der Waals surface area contributed by atoms with Crippen LogP contribution in [0.1, 0.15) is 22.8 Å². The Kier molecular flexibility index (Phi) is 7.61. The van der Waals surface area contributed by atoms with Crippen LogP contribution in [-0.4, -0.2) is 28.0 Å². The number of hydrogen-bond acceptors (Lipinski definition) is 5. The fraction of sp³-hybridized carbons (Fsp3) is 0.174. The average molecular weight is 475 g/mol. The van der Waals surface area contributed by atoms with Crippen molar-refractivity contribution in [2.45, 2.75) is 18.4 Å². The van der Waals surface area contributed by atoms with Gasteiger partial charge in [-0.25, -0.2) is 8.42 Å². The molecule has 0 aliphatic heterocycles. The Hall–Kier alpha value is -3.23. The maximum atomic E-state index is 12.8. The van der Waals surface area contributed by atoms with Crippen LogP contribution in [0.3, 0.4) is 0 Å². The minimum absolute atomic E-state index is 0.0646. The maximum Gasteiger partial charge on any atom is 0.261 e. The van der Waals surface area contributed by atoms with E-state index < -0.39 is 15.9 Å². The van der Waals surface area contributed by atoms with Crippen LogP contribution in [-0.2, 0) is 16.6 Å². The van der Waals surface area contributed by atoms with Crippen molar-refractivity contribution in [2.75, 3.05) is 18.4 Å². The van der Waals surface area contributed by atoms with Gasteiger partial charge < -0.3 is 14.8 Å². The lowest BCUT2D eigenvalue weighted by atomic mass is 10.2. The second kappa shape index (κ2) is 10.4. The number of ether oxygens (including phenoxy) is 2. The molecule has 0 saturated carbocycles. The van der Waals surface area contributed by atoms with Crippen molar-refractivity contribution in [3.8, 4) is 11.5 Å². The number of methoxy groups -OCH3 is 1. The predicted octanol–water partition coefficient (Wildman–Crippen LogP) is 4.48. The summed E-state index contributed by atoms with van der Waals surface area (Å²) in [6.45, 7) is 2.63. The van der Waals surface area contributed by atoms with E-state index in [9.17, 15) is 13.2 Å². The Bertz CT molecular complexity index is 1180. The number of hydrogen-bond donors (Lipinski definition) is 2. The van der Waals surface area contributed by atoms with Crippen LogP contribution in [0.4, 0.5) is 5.69 Å². The van der Waals surface area contributed by atoms with Crippen molar-refractivity contribution in [1.82, 2.24) is 5.32 Å². The minimum Gasteiger partial charge on any atom is -0.497 e. The van der Waals surface area contributed by atoms with Gasteiger partial charge in [0.1, 0.15) is 11.5 Å². The Morgan fingerprint density at radius 1 is 0.969 bits per heavy atom. The molecule has 0 aromatic heterocycles. The molecule has 32 heavy (non-hydrogen) atoms. The molecule has 0 unspecified atom stereocenters. The number of nitrogens with one attached hydrogen (secondary N) is 2. The molecule has 0 aliphatic carbocycles. The van der Waals surface area contributed by atoms with Crippen LogP contribution in [0.2, 0.25) is 5.02 Å². The van der Waals surface area contributed by atoms with Gasteiger partial charge in [-0.05, 0) is 67.1 Å². The van der Waals surface area contributed by atoms with Crippen LogP contribution in [0.15, 0.2) is 71.6 Å². The van der Waals surface area contributed by atoms with Gasteiger partial charge in [-0.3, -0.25) is 9.52 Å². The Balaban J connectivity index is 1.73. The van der Waals surface area contributed by atoms with E-state index in [1.54, 1.807) is 43.5 Å². The van der Waals surface area contributed by atoms with Crippen LogP contribution < -0.4 is 19.5 Å². The third-order valence-corrected chi connectivity index (χ3v) is 6.23. The summed E-state index contributed by atoms with van der Waals surface area (Å²) in [5, 5.41) is 2.90. The standard InChI is InChI=1S/C23H23ClN2O5S/c1-3-31-19-10-6-17(7-11-19)26-32(28,29)20-12-13-22(24)21(14-20)23(27)25-15-16-4-8-18(30-2)9-5-16/h4-14,26H,3,15H2,1-2H3,(H,25,27). The molecule has 9 heteroatoms. The number of carbonyl (C=O) groups is 1. The van der Waals surface area contributed by atoms with E-state index in [4.69, 9.17) is 21.1 Å². The van der Waals surface area contributed by atoms with Crippen LogP contribution in [0, 0.1) is 0 Å². The van der Waals surface area contributed by atoms with Gasteiger partial charge in [0.05, 0.1) is 29.2 Å². The first-order valence-electron chi connectivity index (χ1n) is 9.78. The monoisotopic (exact) mass is 474 g/mol. The summed E-state index contributed by atoms with van der Waals surface area (Å²) in [5.74, 6) is 0.864. The van der Waals surface area contributed by atoms with E-state index in [-0.39, 0.29) is 22.0 Å². The molecule has 3 aromatic rings. The molecule has 0 radical (unpaired) electrons. The number of rotatable bonds is 9. The van der Waals surface area contributed by atoms with Crippen molar-refractivity contribution < 1.29 is 22.7 Å². The second-order valence-corrected chi connectivity index (χ2v) is 8.82. The fourth-order valence-corrected chi connectivity index (χ4v) is 4.15. The second-order valence-electron chi connectivity index (χ2n) is 6.74. The first-order valence-corrected chi connectivity index (χ1v) is 11.6. The topological polar surface area (TPSA) is 93.7 Å². The van der Waals surface area contributed by atoms with Gasteiger partial charge in [0, 0.05) is 12.2 Å². The van der Waals surface area contributed by atoms with Gasteiger partial charge in [0.15, 0.2) is 0 Å². The van der Waals surface area contributed by atoms with Crippen molar-refractivity contribution in [3.05, 3.63) is 82.9 Å². The minimum atomic E-state index is -3.93. The number of amides is 1. The quantitative estimate of drug-likeness (QED) is 0.477. The summed E-state index contributed by atoms with van der Waals surface area (Å²) in [6.07, 6.45) is 0. The summed E-state index contributed by atoms with van der Waals surface area (Å²) < 4.78 is 38.6. The highest BCUT2D eigenvalue weighted by atomic mass is 35.5. The van der Waals surface area contributed by atoms with Gasteiger partial charge in [0.2, 0.25) is 0 Å². The van der Waals surface area contributed by atoms with Crippen molar-refractivity contribution in [2.24, 2.45) is 0 Å². The molecule has 3 rings (SSSR count). The molecule has 0 atom stereocenters. The third kappa shape index (κ3) is 5.93. The molecule has 1 amide bonds. The van der Waals surface area contributed by atoms with Crippen molar-refractivity contribution >= 4 is 33.2 Å². The number of halogens is 1. The molecule has 3 aromatic carbocycles. The van der Waals surface area contributed by atoms with Crippen LogP contribution in [0.5, 0.6) is 11.5 Å². The van der Waals surface area contributed by atoms with E-state index >= 15 is 0 Å². The van der Waals surface area contributed by atoms with Gasteiger partial charge in [-0.2, -0.15) is 0 Å². The average Bonchev–Trinajstić information content (AvgIpc) is 2.79. The van der Waals surface area contributed by atoms with Gasteiger partial charge in [-0.15, -0.1) is 0 Å². The molecule has 0 saturated heterocycles. The predicted molar refractivity (Wildman–Crippen MR) is 124 cm³/mol. The van der Waals surface area contributed by atoms with Gasteiger partial charge in [0.25, 0.3) is 15.9 Å². The van der Waals surface area contributed by atoms with Crippen molar-refractivity contribution in [3.63, 3.8) is 0 Å². The number of sulfonamides is 1. The highest BCUT2D eigenvalue weighted by Crippen LogP contribution is 2.24. The molecule has 2 N–H and O–H groups in total. The van der Waals surface area contributed by atoms with E-state index in [0.717, 1.165) is 5.56 Å². The summed E-state index contributed by atoms with van der Waals surface area (Å²) in [6, 6.07) is 17.7. The molecule has 7 nitrogen and oxygen atoms in total. The molecule has 168 valence electrons. The lowest BCUT2D eigenvalue weighted by Gasteiger charge is -2.12. The van der Waals surface area contributed by atoms with Gasteiger partial charge in [-0.1, -0.05) is 23.7 Å². The normalized spacial score (nSPS) is 11.0. The van der Waals surface area contributed by atoms with Gasteiger partial charge >= 0.3 is 0 Å². The largest absolute Gasteiger partial charge is 0.497 e. The van der Waals surface area contributed by atoms with E-state index in [1.807, 2.05) is 19.1 Å². The lowest BCUT2D eigenvalue weighted by molar-refractivity contribution is 0.0951. The fourth-order valence-electron chi connectivity index (χ4n) is 2.87. The maximum absolute atomic E-state index is 12.8. The van der Waals surface area contributed by atoms with Crippen LogP contribution >= 0.6 is 11.6 Å². The Morgan fingerprint density at radius 3 is 2.25 bits per heavy atom. The molecule has 0 spiro atoms. The zero-order valence-corrected chi connectivity index (χ0v) is 19.2. The molecule has 0 aliphatic rings. The summed E-state index contributed by atoms with van der Waals surface area (Å²) >= 11 is 6.16. The zero-order chi connectivity index (χ0) is 23.1. The molecule has 0 fully saturated rings. The molecular formula is C23H23ClN2O5S. The highest BCUT2D eigenvalue weighted by Gasteiger charge is 2.19. The SMILES string of the molecule is CCOc1ccc(NS(=O)(=O)c2ccc(Cl)c(C(=O)NCc3ccc(OC)cc3)c2)cc1. The molecule has 0 bridgehead atoms. The van der Waals surface area contributed by atoms with Crippen LogP contribution in [0.25, 0.3) is 0 Å². The first kappa shape index (κ1) is 23.4. The van der Waals surface area contributed by atoms with Crippen molar-refractivity contribution in [1.29, 1.82) is 0 Å². The third-order valence-electron chi connectivity index (χ3n) is 4.52. The van der Waals surface area contributed by atoms with E-state index in [2.05, 4.69) is 10.0 Å². The number of carbonyl (C=O) groups excluding carboxylic acids is 1. The Labute approximate surface area is 192 Å². The number of benzene rings is 3. The Morgan fingerprint density at radius 2 is 1.62 bits per heavy atom. The summed E-state index contributed by atoms with van der Waals surface area (Å²) in [5.41, 5.74) is 1.29. The summed E-state index contributed by atoms with van der Waals surface area (Å²) in [4.78, 5) is 12.6. The molecule has 0 heterocycles. The summed E-state index contributed by atoms with van der Waals surface area (Å²) in [7, 11) is -2.36. The van der Waals surface area contributed by atoms with E-state index in [0.29, 0.717) is 23.8 Å². The first-order chi connectivity index (χ1) is 15.3. The smallest absolute Gasteiger partial charge is 0.261 e. The lowest BCUT2D eigenvalue weighted by Crippen LogP contribution is -2.23. The zero-order valence-electron chi connectivity index (χ0n) is 17.6. The molecular weight excluding hydrogens is 452 g/mol.